The first-order valence-electron chi connectivity index (χ1n) is 9.42. The van der Waals surface area contributed by atoms with Crippen LogP contribution in [0.4, 0.5) is 5.69 Å². The molecule has 0 spiro atoms. The number of hydrogen-bond acceptors (Lipinski definition) is 4. The maximum atomic E-state index is 6.18. The molecule has 4 rings (SSSR count). The summed E-state index contributed by atoms with van der Waals surface area (Å²) >= 11 is 0. The number of hydrogen-bond donors (Lipinski definition) is 1. The third-order valence-electron chi connectivity index (χ3n) is 5.70. The molecule has 0 radical (unpaired) electrons. The lowest BCUT2D eigenvalue weighted by molar-refractivity contribution is -0.160. The van der Waals surface area contributed by atoms with Gasteiger partial charge in [-0.3, -0.25) is 4.98 Å². The number of ether oxygens (including phenoxy) is 2. The molecule has 2 heterocycles. The number of aryl methyl sites for hydroxylation is 1. The molecule has 2 N–H and O–H groups in total. The Kier molecular flexibility index (Phi) is 4.20. The van der Waals surface area contributed by atoms with Crippen LogP contribution < -0.4 is 5.73 Å². The van der Waals surface area contributed by atoms with Crippen LogP contribution in [-0.4, -0.2) is 23.0 Å². The van der Waals surface area contributed by atoms with Gasteiger partial charge in [0.15, 0.2) is 5.79 Å². The number of aromatic nitrogens is 1. The Morgan fingerprint density at radius 2 is 2.04 bits per heavy atom. The zero-order chi connectivity index (χ0) is 17.6. The quantitative estimate of drug-likeness (QED) is 0.842. The highest BCUT2D eigenvalue weighted by Gasteiger charge is 2.51. The van der Waals surface area contributed by atoms with Gasteiger partial charge in [-0.25, -0.2) is 0 Å². The second-order valence-electron chi connectivity index (χ2n) is 8.19. The molecule has 1 aromatic carbocycles. The average Bonchev–Trinajstić information content (AvgIpc) is 3.02. The first-order chi connectivity index (χ1) is 11.9. The Bertz CT molecular complexity index is 774. The van der Waals surface area contributed by atoms with Gasteiger partial charge in [0.05, 0.1) is 23.4 Å². The monoisotopic (exact) mass is 340 g/mol. The van der Waals surface area contributed by atoms with Crippen molar-refractivity contribution in [3.05, 3.63) is 36.0 Å². The van der Waals surface area contributed by atoms with Crippen molar-refractivity contribution in [1.82, 2.24) is 4.98 Å². The van der Waals surface area contributed by atoms with Gasteiger partial charge in [-0.1, -0.05) is 19.1 Å². The van der Waals surface area contributed by atoms with E-state index in [0.717, 1.165) is 29.4 Å². The van der Waals surface area contributed by atoms with Crippen molar-refractivity contribution < 1.29 is 9.47 Å². The maximum Gasteiger partial charge on any atom is 0.163 e. The Balaban J connectivity index is 1.38. The van der Waals surface area contributed by atoms with Crippen LogP contribution in [0.1, 0.15) is 45.6 Å². The van der Waals surface area contributed by atoms with Crippen molar-refractivity contribution in [3.8, 4) is 0 Å². The second-order valence-corrected chi connectivity index (χ2v) is 8.19. The van der Waals surface area contributed by atoms with Crippen molar-refractivity contribution >= 4 is 16.6 Å². The minimum atomic E-state index is -0.426. The molecule has 1 saturated carbocycles. The molecular formula is C21H28N2O2. The third-order valence-corrected chi connectivity index (χ3v) is 5.70. The summed E-state index contributed by atoms with van der Waals surface area (Å²) in [6.07, 6.45) is 7.09. The van der Waals surface area contributed by atoms with E-state index in [0.29, 0.717) is 11.8 Å². The van der Waals surface area contributed by atoms with E-state index in [4.69, 9.17) is 15.2 Å². The highest BCUT2D eigenvalue weighted by Crippen LogP contribution is 2.46. The number of para-hydroxylation sites is 1. The molecular weight excluding hydrogens is 312 g/mol. The SMILES string of the molecule is C[C@@H]1C[C@H](CCCc2cnc3c(N)cccc3c2)[C@H]2OC(C)(C)O[C@H]21. The summed E-state index contributed by atoms with van der Waals surface area (Å²) in [6, 6.07) is 8.19. The van der Waals surface area contributed by atoms with Crippen LogP contribution in [0.3, 0.4) is 0 Å². The molecule has 134 valence electrons. The Hall–Kier alpha value is -1.65. The van der Waals surface area contributed by atoms with Crippen molar-refractivity contribution in [2.75, 3.05) is 5.73 Å². The summed E-state index contributed by atoms with van der Waals surface area (Å²) in [5, 5.41) is 1.13. The summed E-state index contributed by atoms with van der Waals surface area (Å²) in [5.41, 5.74) is 8.91. The molecule has 1 aliphatic heterocycles. The van der Waals surface area contributed by atoms with E-state index in [9.17, 15) is 0 Å². The van der Waals surface area contributed by atoms with Crippen molar-refractivity contribution in [2.45, 2.75) is 64.4 Å². The van der Waals surface area contributed by atoms with E-state index in [2.05, 4.69) is 24.0 Å². The molecule has 2 aromatic rings. The van der Waals surface area contributed by atoms with Gasteiger partial charge in [0.1, 0.15) is 0 Å². The molecule has 1 aromatic heterocycles. The molecule has 0 unspecified atom stereocenters. The maximum absolute atomic E-state index is 6.18. The van der Waals surface area contributed by atoms with Gasteiger partial charge in [-0.2, -0.15) is 0 Å². The lowest BCUT2D eigenvalue weighted by Gasteiger charge is -2.22. The summed E-state index contributed by atoms with van der Waals surface area (Å²) < 4.78 is 12.3. The topological polar surface area (TPSA) is 57.4 Å². The Labute approximate surface area is 149 Å². The molecule has 25 heavy (non-hydrogen) atoms. The number of nitrogens with two attached hydrogens (primary N) is 1. The molecule has 1 saturated heterocycles. The number of fused-ring (bicyclic) bond motifs is 2. The summed E-state index contributed by atoms with van der Waals surface area (Å²) in [6.45, 7) is 6.35. The van der Waals surface area contributed by atoms with Crippen LogP contribution in [0.15, 0.2) is 30.5 Å². The largest absolute Gasteiger partial charge is 0.397 e. The van der Waals surface area contributed by atoms with Gasteiger partial charge in [-0.05, 0) is 69.1 Å². The van der Waals surface area contributed by atoms with E-state index < -0.39 is 5.79 Å². The molecule has 4 atom stereocenters. The molecule has 4 nitrogen and oxygen atoms in total. The molecule has 1 aliphatic carbocycles. The Morgan fingerprint density at radius 3 is 2.88 bits per heavy atom. The number of benzene rings is 1. The predicted molar refractivity (Wildman–Crippen MR) is 100 cm³/mol. The van der Waals surface area contributed by atoms with Crippen LogP contribution in [0.5, 0.6) is 0 Å². The lowest BCUT2D eigenvalue weighted by atomic mass is 9.96. The first-order valence-corrected chi connectivity index (χ1v) is 9.42. The van der Waals surface area contributed by atoms with Crippen molar-refractivity contribution in [2.24, 2.45) is 11.8 Å². The van der Waals surface area contributed by atoms with E-state index in [1.807, 2.05) is 32.2 Å². The highest BCUT2D eigenvalue weighted by molar-refractivity contribution is 5.89. The number of pyridine rings is 1. The van der Waals surface area contributed by atoms with Gasteiger partial charge >= 0.3 is 0 Å². The highest BCUT2D eigenvalue weighted by atomic mass is 16.8. The fourth-order valence-corrected chi connectivity index (χ4v) is 4.58. The van der Waals surface area contributed by atoms with Crippen LogP contribution in [-0.2, 0) is 15.9 Å². The zero-order valence-corrected chi connectivity index (χ0v) is 15.4. The molecule has 0 amide bonds. The van der Waals surface area contributed by atoms with Gasteiger partial charge in [-0.15, -0.1) is 0 Å². The normalized spacial score (nSPS) is 30.7. The average molecular weight is 340 g/mol. The predicted octanol–water partition coefficient (Wildman–Crippen LogP) is 4.32. The fourth-order valence-electron chi connectivity index (χ4n) is 4.58. The standard InChI is InChI=1S/C21H28N2O2/c1-13-10-16(20-19(13)24-21(2,3)25-20)8-4-6-14-11-15-7-5-9-17(22)18(15)23-12-14/h5,7,9,11-13,16,19-20H,4,6,8,10,22H2,1-3H3/t13-,16+,19+,20-/m1/s1. The zero-order valence-electron chi connectivity index (χ0n) is 15.4. The molecule has 2 fully saturated rings. The number of nitrogen functional groups attached to an aromatic ring is 1. The van der Waals surface area contributed by atoms with Gasteiger partial charge < -0.3 is 15.2 Å². The number of nitrogens with zero attached hydrogens (tertiary/aromatic N) is 1. The minimum absolute atomic E-state index is 0.263. The number of anilines is 1. The van der Waals surface area contributed by atoms with Crippen molar-refractivity contribution in [1.29, 1.82) is 0 Å². The third kappa shape index (κ3) is 3.25. The number of rotatable bonds is 4. The summed E-state index contributed by atoms with van der Waals surface area (Å²) in [7, 11) is 0. The van der Waals surface area contributed by atoms with Crippen LogP contribution >= 0.6 is 0 Å². The van der Waals surface area contributed by atoms with E-state index in [-0.39, 0.29) is 12.2 Å². The minimum Gasteiger partial charge on any atom is -0.397 e. The summed E-state index contributed by atoms with van der Waals surface area (Å²) in [5.74, 6) is 0.762. The van der Waals surface area contributed by atoms with E-state index in [1.165, 1.54) is 18.4 Å². The van der Waals surface area contributed by atoms with E-state index >= 15 is 0 Å². The molecule has 0 bridgehead atoms. The van der Waals surface area contributed by atoms with Crippen LogP contribution in [0.2, 0.25) is 0 Å². The fraction of sp³-hybridized carbons (Fsp3) is 0.571. The lowest BCUT2D eigenvalue weighted by Crippen LogP contribution is -2.25. The van der Waals surface area contributed by atoms with Gasteiger partial charge in [0.2, 0.25) is 0 Å². The van der Waals surface area contributed by atoms with Gasteiger partial charge in [0.25, 0.3) is 0 Å². The van der Waals surface area contributed by atoms with E-state index in [1.54, 1.807) is 0 Å². The van der Waals surface area contributed by atoms with Crippen LogP contribution in [0, 0.1) is 11.8 Å². The van der Waals surface area contributed by atoms with Crippen LogP contribution in [0.25, 0.3) is 10.9 Å². The molecule has 4 heteroatoms. The second kappa shape index (κ2) is 6.26. The summed E-state index contributed by atoms with van der Waals surface area (Å²) in [4.78, 5) is 4.55. The molecule has 2 aliphatic rings. The Morgan fingerprint density at radius 1 is 1.24 bits per heavy atom. The first kappa shape index (κ1) is 16.8. The smallest absolute Gasteiger partial charge is 0.163 e. The van der Waals surface area contributed by atoms with Gasteiger partial charge in [0, 0.05) is 11.6 Å². The van der Waals surface area contributed by atoms with Crippen molar-refractivity contribution in [3.63, 3.8) is 0 Å².